The van der Waals surface area contributed by atoms with Crippen molar-refractivity contribution in [3.63, 3.8) is 0 Å². The maximum Gasteiger partial charge on any atom is 0.124 e. The van der Waals surface area contributed by atoms with Gasteiger partial charge in [-0.25, -0.2) is 4.79 Å². The summed E-state index contributed by atoms with van der Waals surface area (Å²) >= 11 is 0. The molecular weight excluding hydrogens is 114 g/mol. The Kier molecular flexibility index (Phi) is 2.04. The quantitative estimate of drug-likeness (QED) is 0.558. The van der Waals surface area contributed by atoms with E-state index in [1.54, 1.807) is 0 Å². The van der Waals surface area contributed by atoms with Gasteiger partial charge in [0.1, 0.15) is 5.94 Å². The van der Waals surface area contributed by atoms with Crippen LogP contribution >= 0.6 is 0 Å². The van der Waals surface area contributed by atoms with Gasteiger partial charge in [-0.05, 0) is 25.2 Å². The van der Waals surface area contributed by atoms with Crippen LogP contribution in [0.1, 0.15) is 19.3 Å². The van der Waals surface area contributed by atoms with Crippen LogP contribution in [-0.2, 0) is 4.79 Å². The van der Waals surface area contributed by atoms with Gasteiger partial charge < -0.3 is 5.73 Å². The van der Waals surface area contributed by atoms with Gasteiger partial charge >= 0.3 is 0 Å². The number of rotatable bonds is 3. The molecule has 0 radical (unpaired) electrons. The van der Waals surface area contributed by atoms with Gasteiger partial charge in [0.15, 0.2) is 0 Å². The minimum atomic E-state index is 0.389. The van der Waals surface area contributed by atoms with E-state index in [2.05, 4.69) is 0 Å². The monoisotopic (exact) mass is 125 g/mol. The summed E-state index contributed by atoms with van der Waals surface area (Å²) in [5, 5.41) is 0. The Labute approximate surface area is 54.7 Å². The van der Waals surface area contributed by atoms with Gasteiger partial charge in [-0.1, -0.05) is 0 Å². The molecule has 0 aromatic rings. The summed E-state index contributed by atoms with van der Waals surface area (Å²) in [5.74, 6) is 2.62. The molecule has 2 nitrogen and oxygen atoms in total. The largest absolute Gasteiger partial charge is 0.326 e. The van der Waals surface area contributed by atoms with Gasteiger partial charge in [0, 0.05) is 12.1 Å². The van der Waals surface area contributed by atoms with Gasteiger partial charge in [-0.2, -0.15) is 0 Å². The van der Waals surface area contributed by atoms with Gasteiger partial charge in [-0.3, -0.25) is 0 Å². The maximum atomic E-state index is 10.1. The summed E-state index contributed by atoms with van der Waals surface area (Å²) < 4.78 is 0. The highest BCUT2D eigenvalue weighted by atomic mass is 16.1. The van der Waals surface area contributed by atoms with E-state index in [-0.39, 0.29) is 0 Å². The van der Waals surface area contributed by atoms with Crippen LogP contribution < -0.4 is 5.73 Å². The molecule has 9 heavy (non-hydrogen) atoms. The maximum absolute atomic E-state index is 10.1. The molecule has 2 N–H and O–H groups in total. The summed E-state index contributed by atoms with van der Waals surface area (Å²) in [7, 11) is 0. The van der Waals surface area contributed by atoms with Crippen molar-refractivity contribution in [1.82, 2.24) is 0 Å². The number of nitrogens with two attached hydrogens (primary N) is 1. The van der Waals surface area contributed by atoms with Crippen molar-refractivity contribution < 1.29 is 4.79 Å². The molecule has 2 heteroatoms. The molecule has 0 spiro atoms. The fourth-order valence-corrected chi connectivity index (χ4v) is 0.837. The summed E-state index contributed by atoms with van der Waals surface area (Å²) in [6, 6.07) is 0. The van der Waals surface area contributed by atoms with Crippen LogP contribution in [0.3, 0.4) is 0 Å². The third kappa shape index (κ3) is 2.00. The third-order valence-electron chi connectivity index (χ3n) is 1.62. The van der Waals surface area contributed by atoms with Crippen LogP contribution in [0.5, 0.6) is 0 Å². The molecule has 0 aromatic carbocycles. The van der Waals surface area contributed by atoms with Crippen molar-refractivity contribution >= 4 is 5.94 Å². The lowest BCUT2D eigenvalue weighted by atomic mass is 10.1. The van der Waals surface area contributed by atoms with Crippen molar-refractivity contribution in [2.24, 2.45) is 11.7 Å². The molecule has 1 fully saturated rings. The van der Waals surface area contributed by atoms with E-state index >= 15 is 0 Å². The van der Waals surface area contributed by atoms with Crippen molar-refractivity contribution in [1.29, 1.82) is 0 Å². The molecule has 1 rings (SSSR count). The normalized spacial score (nSPS) is 17.0. The SMILES string of the molecule is NCC(=C=O)CC1CC1. The zero-order chi connectivity index (χ0) is 6.69. The fourth-order valence-electron chi connectivity index (χ4n) is 0.837. The highest BCUT2D eigenvalue weighted by Gasteiger charge is 2.22. The Morgan fingerprint density at radius 3 is 2.67 bits per heavy atom. The van der Waals surface area contributed by atoms with E-state index in [9.17, 15) is 4.79 Å². The third-order valence-corrected chi connectivity index (χ3v) is 1.62. The van der Waals surface area contributed by atoms with Crippen LogP contribution in [0.25, 0.3) is 0 Å². The fraction of sp³-hybridized carbons (Fsp3) is 0.714. The van der Waals surface area contributed by atoms with Crippen molar-refractivity contribution in [3.8, 4) is 0 Å². The molecule has 0 atom stereocenters. The Morgan fingerprint density at radius 1 is 1.67 bits per heavy atom. The van der Waals surface area contributed by atoms with E-state index in [4.69, 9.17) is 5.73 Å². The average Bonchev–Trinajstić information content (AvgIpc) is 2.66. The molecule has 1 saturated carbocycles. The van der Waals surface area contributed by atoms with E-state index in [1.165, 1.54) is 12.8 Å². The second-order valence-corrected chi connectivity index (χ2v) is 2.56. The molecule has 0 saturated heterocycles. The zero-order valence-corrected chi connectivity index (χ0v) is 5.39. The predicted octanol–water partition coefficient (Wildman–Crippen LogP) is 0.503. The van der Waals surface area contributed by atoms with Crippen LogP contribution in [0.15, 0.2) is 5.57 Å². The van der Waals surface area contributed by atoms with Gasteiger partial charge in [0.05, 0.1) is 0 Å². The topological polar surface area (TPSA) is 43.1 Å². The lowest BCUT2D eigenvalue weighted by Crippen LogP contribution is -2.04. The first-order chi connectivity index (χ1) is 4.36. The van der Waals surface area contributed by atoms with E-state index in [1.807, 2.05) is 5.94 Å². The molecule has 0 aromatic heterocycles. The van der Waals surface area contributed by atoms with Crippen LogP contribution in [0, 0.1) is 5.92 Å². The van der Waals surface area contributed by atoms with Gasteiger partial charge in [0.25, 0.3) is 0 Å². The lowest BCUT2D eigenvalue weighted by Gasteiger charge is -1.93. The molecule has 0 aliphatic heterocycles. The highest BCUT2D eigenvalue weighted by molar-refractivity contribution is 5.52. The molecular formula is C7H11NO. The summed E-state index contributed by atoms with van der Waals surface area (Å²) in [4.78, 5) is 10.1. The zero-order valence-electron chi connectivity index (χ0n) is 5.39. The predicted molar refractivity (Wildman–Crippen MR) is 35.6 cm³/mol. The molecule has 50 valence electrons. The van der Waals surface area contributed by atoms with E-state index in [0.717, 1.165) is 17.9 Å². The molecule has 0 unspecified atom stereocenters. The Balaban J connectivity index is 2.29. The number of hydrogen-bond donors (Lipinski definition) is 1. The minimum absolute atomic E-state index is 0.389. The number of carbonyl (C=O) groups excluding carboxylic acids is 1. The molecule has 0 bridgehead atoms. The summed E-state index contributed by atoms with van der Waals surface area (Å²) in [6.07, 6.45) is 3.43. The summed E-state index contributed by atoms with van der Waals surface area (Å²) in [5.41, 5.74) is 6.01. The smallest absolute Gasteiger partial charge is 0.124 e. The first-order valence-corrected chi connectivity index (χ1v) is 3.29. The molecule has 0 amide bonds. The molecule has 1 aliphatic rings. The highest BCUT2D eigenvalue weighted by Crippen LogP contribution is 2.34. The van der Waals surface area contributed by atoms with Gasteiger partial charge in [-0.15, -0.1) is 0 Å². The van der Waals surface area contributed by atoms with Crippen molar-refractivity contribution in [2.75, 3.05) is 6.54 Å². The Bertz CT molecular complexity index is 143. The summed E-state index contributed by atoms with van der Waals surface area (Å²) in [6.45, 7) is 0.389. The van der Waals surface area contributed by atoms with Crippen LogP contribution in [0.4, 0.5) is 0 Å². The Morgan fingerprint density at radius 2 is 2.33 bits per heavy atom. The molecule has 1 aliphatic carbocycles. The second kappa shape index (κ2) is 2.81. The van der Waals surface area contributed by atoms with Gasteiger partial charge in [0.2, 0.25) is 0 Å². The van der Waals surface area contributed by atoms with Crippen LogP contribution in [0.2, 0.25) is 0 Å². The number of hydrogen-bond acceptors (Lipinski definition) is 2. The Hall–Kier alpha value is -0.590. The van der Waals surface area contributed by atoms with Crippen molar-refractivity contribution in [2.45, 2.75) is 19.3 Å². The first-order valence-electron chi connectivity index (χ1n) is 3.29. The molecule has 0 heterocycles. The minimum Gasteiger partial charge on any atom is -0.326 e. The van der Waals surface area contributed by atoms with E-state index < -0.39 is 0 Å². The average molecular weight is 125 g/mol. The van der Waals surface area contributed by atoms with Crippen molar-refractivity contribution in [3.05, 3.63) is 5.57 Å². The lowest BCUT2D eigenvalue weighted by molar-refractivity contribution is 0.564. The second-order valence-electron chi connectivity index (χ2n) is 2.56. The standard InChI is InChI=1S/C7H11NO/c8-4-7(5-9)3-6-1-2-6/h6H,1-4,8H2. The first kappa shape index (κ1) is 6.53. The van der Waals surface area contributed by atoms with Crippen LogP contribution in [-0.4, -0.2) is 12.5 Å². The van der Waals surface area contributed by atoms with E-state index in [0.29, 0.717) is 6.54 Å².